The topological polar surface area (TPSA) is 78.5 Å². The molecule has 4 nitrogen and oxygen atoms in total. The number of hydrogen-bond donors (Lipinski definition) is 4. The maximum Gasteiger partial charge on any atom is 0.0445 e. The minimum atomic E-state index is 0. The Hall–Kier alpha value is -0.300. The number of nitrogens with two attached hydrogens (primary N) is 1. The van der Waals surface area contributed by atoms with E-state index < -0.39 is 0 Å². The molecule has 5 N–H and O–H groups in total. The second-order valence-corrected chi connectivity index (χ2v) is 2.82. The van der Waals surface area contributed by atoms with Gasteiger partial charge in [-0.2, -0.15) is 0 Å². The van der Waals surface area contributed by atoms with Crippen LogP contribution in [0.5, 0.6) is 0 Å². The summed E-state index contributed by atoms with van der Waals surface area (Å²) in [6.07, 6.45) is 2.38. The van der Waals surface area contributed by atoms with E-state index in [-0.39, 0.29) is 22.6 Å². The minimum Gasteiger partial charge on any atom is -0.396 e. The van der Waals surface area contributed by atoms with Crippen molar-refractivity contribution in [2.75, 3.05) is 26.3 Å². The van der Waals surface area contributed by atoms with Gasteiger partial charge in [-0.05, 0) is 32.4 Å². The fourth-order valence-electron chi connectivity index (χ4n) is 1.09. The molecule has 0 saturated carbocycles. The van der Waals surface area contributed by atoms with Gasteiger partial charge >= 0.3 is 0 Å². The third-order valence-corrected chi connectivity index (χ3v) is 1.76. The highest BCUT2D eigenvalue weighted by atomic mass is 19.0. The molecule has 0 amide bonds. The Bertz CT molecular complexity index is 93.4. The Balaban J connectivity index is -0.000000605. The summed E-state index contributed by atoms with van der Waals surface area (Å²) >= 11 is 0. The van der Waals surface area contributed by atoms with Crippen LogP contribution in [-0.4, -0.2) is 42.6 Å². The van der Waals surface area contributed by atoms with Crippen LogP contribution in [0.25, 0.3) is 0 Å². The first-order valence-corrected chi connectivity index (χ1v) is 4.50. The molecule has 0 rings (SSSR count). The van der Waals surface area contributed by atoms with Gasteiger partial charge in [-0.25, -0.2) is 0 Å². The van der Waals surface area contributed by atoms with Crippen LogP contribution in [0, 0.1) is 0 Å². The van der Waals surface area contributed by atoms with Gasteiger partial charge in [0.15, 0.2) is 0 Å². The summed E-state index contributed by atoms with van der Waals surface area (Å²) in [4.78, 5) is 0. The molecule has 0 aliphatic rings. The Morgan fingerprint density at radius 1 is 1.07 bits per heavy atom. The van der Waals surface area contributed by atoms with E-state index in [1.54, 1.807) is 0 Å². The van der Waals surface area contributed by atoms with Crippen LogP contribution in [0.3, 0.4) is 0 Å². The highest BCUT2D eigenvalue weighted by Gasteiger charge is 2.04. The van der Waals surface area contributed by atoms with E-state index in [0.29, 0.717) is 12.6 Å². The van der Waals surface area contributed by atoms with Crippen LogP contribution in [0.4, 0.5) is 9.41 Å². The van der Waals surface area contributed by atoms with E-state index in [9.17, 15) is 0 Å². The van der Waals surface area contributed by atoms with Crippen LogP contribution in [0.2, 0.25) is 0 Å². The van der Waals surface area contributed by atoms with E-state index in [4.69, 9.17) is 15.9 Å². The molecule has 14 heavy (non-hydrogen) atoms. The SMILES string of the molecule is F.F.NCCC(CCO)NCCCO. The van der Waals surface area contributed by atoms with Gasteiger partial charge in [0.1, 0.15) is 0 Å². The van der Waals surface area contributed by atoms with E-state index in [1.807, 2.05) is 0 Å². The lowest BCUT2D eigenvalue weighted by Crippen LogP contribution is -2.33. The number of nitrogens with one attached hydrogen (secondary N) is 1. The summed E-state index contributed by atoms with van der Waals surface area (Å²) in [6.45, 7) is 1.83. The van der Waals surface area contributed by atoms with Gasteiger partial charge in [-0.1, -0.05) is 0 Å². The van der Waals surface area contributed by atoms with E-state index in [1.165, 1.54) is 0 Å². The van der Waals surface area contributed by atoms with Crippen molar-refractivity contribution in [3.63, 3.8) is 0 Å². The van der Waals surface area contributed by atoms with Gasteiger partial charge in [0.25, 0.3) is 0 Å². The second kappa shape index (κ2) is 15.2. The highest BCUT2D eigenvalue weighted by molar-refractivity contribution is 4.66. The quantitative estimate of drug-likeness (QED) is 0.407. The Morgan fingerprint density at radius 2 is 1.71 bits per heavy atom. The molecule has 0 spiro atoms. The summed E-state index contributed by atoms with van der Waals surface area (Å²) < 4.78 is 0. The normalized spacial score (nSPS) is 11.4. The van der Waals surface area contributed by atoms with Crippen LogP contribution in [0.15, 0.2) is 0 Å². The van der Waals surface area contributed by atoms with E-state index >= 15 is 0 Å². The van der Waals surface area contributed by atoms with Gasteiger partial charge in [0.05, 0.1) is 0 Å². The van der Waals surface area contributed by atoms with Crippen molar-refractivity contribution in [1.82, 2.24) is 5.32 Å². The van der Waals surface area contributed by atoms with Crippen molar-refractivity contribution < 1.29 is 19.6 Å². The predicted octanol–water partition coefficient (Wildman–Crippen LogP) is -0.637. The molecular weight excluding hydrogens is 194 g/mol. The van der Waals surface area contributed by atoms with Crippen LogP contribution in [0.1, 0.15) is 19.3 Å². The van der Waals surface area contributed by atoms with Crippen molar-refractivity contribution in [2.24, 2.45) is 5.73 Å². The molecule has 0 aromatic rings. The molecule has 1 unspecified atom stereocenters. The van der Waals surface area contributed by atoms with Gasteiger partial charge in [0, 0.05) is 19.3 Å². The van der Waals surface area contributed by atoms with E-state index in [2.05, 4.69) is 5.32 Å². The van der Waals surface area contributed by atoms with Crippen molar-refractivity contribution in [2.45, 2.75) is 25.3 Å². The average Bonchev–Trinajstić information content (AvgIpc) is 2.06. The predicted molar refractivity (Wildman–Crippen MR) is 53.9 cm³/mol. The smallest absolute Gasteiger partial charge is 0.0445 e. The summed E-state index contributed by atoms with van der Waals surface area (Å²) in [5.74, 6) is 0. The molecular formula is C8H22F2N2O2. The maximum absolute atomic E-state index is 8.69. The molecule has 0 radical (unpaired) electrons. The van der Waals surface area contributed by atoms with Crippen LogP contribution < -0.4 is 11.1 Å². The van der Waals surface area contributed by atoms with Gasteiger partial charge in [-0.15, -0.1) is 0 Å². The molecule has 0 fully saturated rings. The van der Waals surface area contributed by atoms with Gasteiger partial charge in [0.2, 0.25) is 0 Å². The third-order valence-electron chi connectivity index (χ3n) is 1.76. The lowest BCUT2D eigenvalue weighted by Gasteiger charge is -2.16. The van der Waals surface area contributed by atoms with Crippen molar-refractivity contribution in [3.05, 3.63) is 0 Å². The minimum absolute atomic E-state index is 0. The zero-order valence-electron chi connectivity index (χ0n) is 8.32. The molecule has 0 saturated heterocycles. The molecule has 0 aliphatic heterocycles. The number of rotatable bonds is 8. The largest absolute Gasteiger partial charge is 0.396 e. The maximum atomic E-state index is 8.69. The lowest BCUT2D eigenvalue weighted by atomic mass is 10.1. The first-order valence-electron chi connectivity index (χ1n) is 4.50. The zero-order chi connectivity index (χ0) is 9.23. The molecule has 0 aromatic carbocycles. The number of aliphatic hydroxyl groups is 2. The summed E-state index contributed by atoms with van der Waals surface area (Å²) in [6, 6.07) is 0.298. The van der Waals surface area contributed by atoms with Gasteiger partial charge in [-0.3, -0.25) is 9.41 Å². The summed E-state index contributed by atoms with van der Waals surface area (Å²) in [7, 11) is 0. The Morgan fingerprint density at radius 3 is 2.14 bits per heavy atom. The Labute approximate surface area is 83.2 Å². The number of halogens is 2. The molecule has 0 heterocycles. The van der Waals surface area contributed by atoms with Crippen LogP contribution >= 0.6 is 0 Å². The first-order chi connectivity index (χ1) is 5.85. The standard InChI is InChI=1S/C8H20N2O2.2FH/c9-4-2-8(3-7-12)10-5-1-6-11;;/h8,10-12H,1-7,9H2;2*1H. The van der Waals surface area contributed by atoms with Crippen molar-refractivity contribution in [1.29, 1.82) is 0 Å². The number of hydrogen-bond acceptors (Lipinski definition) is 4. The first kappa shape index (κ1) is 19.3. The van der Waals surface area contributed by atoms with E-state index in [0.717, 1.165) is 25.8 Å². The zero-order valence-corrected chi connectivity index (χ0v) is 8.32. The molecule has 6 heteroatoms. The molecule has 0 aliphatic carbocycles. The molecule has 0 aromatic heterocycles. The van der Waals surface area contributed by atoms with Gasteiger partial charge < -0.3 is 21.3 Å². The van der Waals surface area contributed by atoms with Crippen molar-refractivity contribution in [3.8, 4) is 0 Å². The molecule has 0 bridgehead atoms. The third kappa shape index (κ3) is 11.7. The Kier molecular flexibility index (Phi) is 20.9. The monoisotopic (exact) mass is 216 g/mol. The summed E-state index contributed by atoms with van der Waals surface area (Å²) in [5, 5.41) is 20.4. The summed E-state index contributed by atoms with van der Waals surface area (Å²) in [5.41, 5.74) is 5.39. The fraction of sp³-hybridized carbons (Fsp3) is 1.00. The lowest BCUT2D eigenvalue weighted by molar-refractivity contribution is 0.253. The van der Waals surface area contributed by atoms with Crippen LogP contribution in [-0.2, 0) is 0 Å². The number of aliphatic hydroxyl groups excluding tert-OH is 2. The highest BCUT2D eigenvalue weighted by Crippen LogP contribution is 1.95. The average molecular weight is 216 g/mol. The second-order valence-electron chi connectivity index (χ2n) is 2.82. The molecule has 1 atom stereocenters. The fourth-order valence-corrected chi connectivity index (χ4v) is 1.09. The van der Waals surface area contributed by atoms with Crippen molar-refractivity contribution >= 4 is 0 Å². The molecule has 90 valence electrons.